The summed E-state index contributed by atoms with van der Waals surface area (Å²) in [5, 5.41) is 35.4. The van der Waals surface area contributed by atoms with Gasteiger partial charge in [-0.1, -0.05) is 12.1 Å². The molecule has 23 heavy (non-hydrogen) atoms. The number of hydrazone groups is 1. The van der Waals surface area contributed by atoms with Gasteiger partial charge in [-0.15, -0.1) is 0 Å². The van der Waals surface area contributed by atoms with Crippen LogP contribution in [0.3, 0.4) is 0 Å². The van der Waals surface area contributed by atoms with Gasteiger partial charge in [0, 0.05) is 6.54 Å². The van der Waals surface area contributed by atoms with Crippen LogP contribution >= 0.6 is 0 Å². The summed E-state index contributed by atoms with van der Waals surface area (Å²) in [5.41, 5.74) is 1.61. The van der Waals surface area contributed by atoms with Crippen LogP contribution in [0.4, 0.5) is 5.69 Å². The van der Waals surface area contributed by atoms with Crippen molar-refractivity contribution in [1.29, 1.82) is 5.41 Å². The molecule has 1 atom stereocenters. The summed E-state index contributed by atoms with van der Waals surface area (Å²) in [6, 6.07) is 7.05. The summed E-state index contributed by atoms with van der Waals surface area (Å²) in [5.74, 6) is 0.270. The van der Waals surface area contributed by atoms with E-state index in [1.807, 2.05) is 20.8 Å². The van der Waals surface area contributed by atoms with Gasteiger partial charge < -0.3 is 10.2 Å². The van der Waals surface area contributed by atoms with Crippen molar-refractivity contribution in [2.45, 2.75) is 32.5 Å². The largest absolute Gasteiger partial charge is 0.395 e. The number of aliphatic hydroxyl groups is 2. The molecule has 7 heteroatoms. The first-order valence-electron chi connectivity index (χ1n) is 7.47. The van der Waals surface area contributed by atoms with Gasteiger partial charge in [-0.3, -0.25) is 10.7 Å². The molecule has 4 N–H and O–H groups in total. The Bertz CT molecular complexity index is 616. The summed E-state index contributed by atoms with van der Waals surface area (Å²) in [6.07, 6.45) is 0.755. The predicted molar refractivity (Wildman–Crippen MR) is 91.4 cm³/mol. The fourth-order valence-corrected chi connectivity index (χ4v) is 2.12. The number of hydrogen-bond donors (Lipinski definition) is 4. The van der Waals surface area contributed by atoms with Crippen LogP contribution in [0, 0.1) is 5.41 Å². The molecule has 0 fully saturated rings. The van der Waals surface area contributed by atoms with Crippen molar-refractivity contribution in [1.82, 2.24) is 10.3 Å². The Morgan fingerprint density at radius 2 is 1.96 bits per heavy atom. The number of nitrogens with zero attached hydrogens (tertiary/aromatic N) is 3. The average molecular weight is 317 g/mol. The molecule has 1 aliphatic heterocycles. The maximum absolute atomic E-state index is 9.87. The maximum atomic E-state index is 9.87. The van der Waals surface area contributed by atoms with Crippen molar-refractivity contribution in [2.24, 2.45) is 10.1 Å². The van der Waals surface area contributed by atoms with E-state index in [9.17, 15) is 5.11 Å². The van der Waals surface area contributed by atoms with Crippen LogP contribution in [0.5, 0.6) is 0 Å². The zero-order valence-corrected chi connectivity index (χ0v) is 13.6. The number of benzene rings is 1. The molecule has 0 aromatic heterocycles. The lowest BCUT2D eigenvalue weighted by Gasteiger charge is -2.29. The van der Waals surface area contributed by atoms with E-state index in [-0.39, 0.29) is 18.0 Å². The number of nitrogens with one attached hydrogen (secondary N) is 2. The Labute approximate surface area is 135 Å². The minimum Gasteiger partial charge on any atom is -0.395 e. The molecule has 0 saturated heterocycles. The van der Waals surface area contributed by atoms with Crippen LogP contribution in [-0.2, 0) is 0 Å². The molecular formula is C16H23N5O2. The molecule has 1 aliphatic rings. The Hall–Kier alpha value is -2.09. The van der Waals surface area contributed by atoms with Gasteiger partial charge in [0.2, 0.25) is 0 Å². The first kappa shape index (κ1) is 17.3. The summed E-state index contributed by atoms with van der Waals surface area (Å²) in [4.78, 5) is 4.42. The fourth-order valence-electron chi connectivity index (χ4n) is 2.12. The zero-order valence-electron chi connectivity index (χ0n) is 13.6. The molecule has 1 heterocycles. The minimum absolute atomic E-state index is 0.0332. The minimum atomic E-state index is -0.827. The summed E-state index contributed by atoms with van der Waals surface area (Å²) < 4.78 is 0. The third-order valence-corrected chi connectivity index (χ3v) is 3.29. The topological polar surface area (TPSA) is 104 Å². The number of hydrogen-bond acceptors (Lipinski definition) is 6. The molecule has 0 bridgehead atoms. The van der Waals surface area contributed by atoms with Crippen molar-refractivity contribution in [3.63, 3.8) is 0 Å². The van der Waals surface area contributed by atoms with Crippen molar-refractivity contribution >= 4 is 23.4 Å². The van der Waals surface area contributed by atoms with Crippen LogP contribution in [0.25, 0.3) is 0 Å². The third-order valence-electron chi connectivity index (χ3n) is 3.29. The normalized spacial score (nSPS) is 18.0. The van der Waals surface area contributed by atoms with Gasteiger partial charge in [-0.2, -0.15) is 5.10 Å². The molecule has 2 rings (SSSR count). The van der Waals surface area contributed by atoms with Crippen LogP contribution < -0.4 is 5.32 Å². The Kier molecular flexibility index (Phi) is 5.25. The Morgan fingerprint density at radius 3 is 2.48 bits per heavy atom. The zero-order chi connectivity index (χ0) is 17.0. The molecule has 7 nitrogen and oxygen atoms in total. The van der Waals surface area contributed by atoms with Gasteiger partial charge in [-0.05, 0) is 38.5 Å². The highest BCUT2D eigenvalue weighted by Gasteiger charge is 2.30. The van der Waals surface area contributed by atoms with Crippen molar-refractivity contribution in [3.8, 4) is 0 Å². The first-order valence-corrected chi connectivity index (χ1v) is 7.47. The Balaban J connectivity index is 2.09. The molecule has 0 radical (unpaired) electrons. The molecule has 0 aliphatic carbocycles. The number of aliphatic imine (C=N–C) groups is 1. The fraction of sp³-hybridized carbons (Fsp3) is 0.438. The van der Waals surface area contributed by atoms with Gasteiger partial charge in [0.05, 0.1) is 24.0 Å². The van der Waals surface area contributed by atoms with Gasteiger partial charge >= 0.3 is 0 Å². The van der Waals surface area contributed by atoms with E-state index < -0.39 is 6.23 Å². The van der Waals surface area contributed by atoms with E-state index in [1.54, 1.807) is 35.5 Å². The van der Waals surface area contributed by atoms with Gasteiger partial charge in [0.25, 0.3) is 0 Å². The molecule has 1 aromatic carbocycles. The average Bonchev–Trinajstić information content (AvgIpc) is 2.86. The van der Waals surface area contributed by atoms with Crippen LogP contribution in [0.1, 0.15) is 32.6 Å². The third kappa shape index (κ3) is 4.22. The lowest BCUT2D eigenvalue weighted by atomic mass is 10.1. The molecule has 124 valence electrons. The van der Waals surface area contributed by atoms with E-state index in [0.29, 0.717) is 23.5 Å². The van der Waals surface area contributed by atoms with Crippen LogP contribution in [0.15, 0.2) is 34.4 Å². The van der Waals surface area contributed by atoms with Crippen LogP contribution in [-0.4, -0.2) is 51.7 Å². The monoisotopic (exact) mass is 317 g/mol. The van der Waals surface area contributed by atoms with Gasteiger partial charge in [-0.25, -0.2) is 10.0 Å². The van der Waals surface area contributed by atoms with E-state index in [1.165, 1.54) is 0 Å². The van der Waals surface area contributed by atoms with Crippen molar-refractivity contribution in [2.75, 3.05) is 13.2 Å². The Morgan fingerprint density at radius 1 is 1.30 bits per heavy atom. The molecular weight excluding hydrogens is 294 g/mol. The second-order valence-corrected chi connectivity index (χ2v) is 6.24. The van der Waals surface area contributed by atoms with E-state index in [4.69, 9.17) is 10.5 Å². The second kappa shape index (κ2) is 6.99. The van der Waals surface area contributed by atoms with E-state index in [2.05, 4.69) is 15.4 Å². The first-order chi connectivity index (χ1) is 10.8. The molecule has 0 saturated carbocycles. The second-order valence-electron chi connectivity index (χ2n) is 6.24. The van der Waals surface area contributed by atoms with Gasteiger partial charge in [0.1, 0.15) is 11.9 Å². The molecule has 0 spiro atoms. The highest BCUT2D eigenvalue weighted by Crippen LogP contribution is 2.21. The lowest BCUT2D eigenvalue weighted by molar-refractivity contribution is 0.129. The molecule has 1 unspecified atom stereocenters. The number of aliphatic hydroxyl groups excluding tert-OH is 2. The van der Waals surface area contributed by atoms with Crippen molar-refractivity contribution < 1.29 is 10.2 Å². The standard InChI is InChI=1S/C16H23N5O2/c1-16(2,3)21-14(17)13(10-19-21)20-12-6-4-11(5-7-12)15(23)18-8-9-22/h4-7,10,15,17-18,22-23H,8-9H2,1-3H3. The molecule has 1 aromatic rings. The smallest absolute Gasteiger partial charge is 0.169 e. The summed E-state index contributed by atoms with van der Waals surface area (Å²) in [6.45, 7) is 6.24. The lowest BCUT2D eigenvalue weighted by Crippen LogP contribution is -2.40. The molecule has 0 amide bonds. The van der Waals surface area contributed by atoms with E-state index in [0.717, 1.165) is 0 Å². The predicted octanol–water partition coefficient (Wildman–Crippen LogP) is 1.41. The summed E-state index contributed by atoms with van der Waals surface area (Å²) in [7, 11) is 0. The number of rotatable bonds is 5. The SMILES string of the molecule is CC(C)(C)N1N=CC(=Nc2ccc(C(O)NCCO)cc2)C1=N. The van der Waals surface area contributed by atoms with Gasteiger partial charge in [0.15, 0.2) is 5.84 Å². The number of amidine groups is 1. The quantitative estimate of drug-likeness (QED) is 0.616. The summed E-state index contributed by atoms with van der Waals surface area (Å²) >= 11 is 0. The van der Waals surface area contributed by atoms with E-state index >= 15 is 0 Å². The maximum Gasteiger partial charge on any atom is 0.169 e. The van der Waals surface area contributed by atoms with Crippen LogP contribution in [0.2, 0.25) is 0 Å². The highest BCUT2D eigenvalue weighted by atomic mass is 16.3. The highest BCUT2D eigenvalue weighted by molar-refractivity contribution is 6.63. The van der Waals surface area contributed by atoms with Crippen molar-refractivity contribution in [3.05, 3.63) is 29.8 Å².